The molecule has 6 heteroatoms. The quantitative estimate of drug-likeness (QED) is 0.344. The number of para-hydroxylation sites is 1. The van der Waals surface area contributed by atoms with Gasteiger partial charge in [-0.2, -0.15) is 0 Å². The normalized spacial score (nSPS) is 13.6. The van der Waals surface area contributed by atoms with Gasteiger partial charge in [-0.3, -0.25) is 9.98 Å². The molecule has 0 spiro atoms. The van der Waals surface area contributed by atoms with Gasteiger partial charge in [0.1, 0.15) is 5.75 Å². The molecule has 0 radical (unpaired) electrons. The van der Waals surface area contributed by atoms with Crippen LogP contribution in [0.4, 0.5) is 0 Å². The molecule has 1 aliphatic rings. The number of aliphatic imine (C=N–C) groups is 1. The fraction of sp³-hybridized carbons (Fsp3) is 0.429. The van der Waals surface area contributed by atoms with Gasteiger partial charge in [0.2, 0.25) is 0 Å². The van der Waals surface area contributed by atoms with Gasteiger partial charge in [0.25, 0.3) is 0 Å². The molecule has 1 aliphatic carbocycles. The Kier molecular flexibility index (Phi) is 8.84. The number of aryl methyl sites for hydroxylation is 1. The third-order valence-electron chi connectivity index (χ3n) is 4.64. The van der Waals surface area contributed by atoms with Crippen molar-refractivity contribution in [1.82, 2.24) is 15.6 Å². The van der Waals surface area contributed by atoms with Crippen LogP contribution in [-0.2, 0) is 13.0 Å². The topological polar surface area (TPSA) is 58.5 Å². The molecule has 0 bridgehead atoms. The van der Waals surface area contributed by atoms with Crippen molar-refractivity contribution < 1.29 is 4.74 Å². The maximum atomic E-state index is 5.97. The summed E-state index contributed by atoms with van der Waals surface area (Å²) in [6.45, 7) is 4.43. The summed E-state index contributed by atoms with van der Waals surface area (Å²) in [5.74, 6) is 2.52. The number of hydrogen-bond donors (Lipinski definition) is 2. The highest BCUT2D eigenvalue weighted by Gasteiger charge is 2.22. The molecule has 146 valence electrons. The van der Waals surface area contributed by atoms with E-state index in [1.165, 1.54) is 24.0 Å². The van der Waals surface area contributed by atoms with E-state index in [9.17, 15) is 0 Å². The van der Waals surface area contributed by atoms with E-state index < -0.39 is 0 Å². The summed E-state index contributed by atoms with van der Waals surface area (Å²) in [6, 6.07) is 10.3. The summed E-state index contributed by atoms with van der Waals surface area (Å²) in [7, 11) is 1.79. The van der Waals surface area contributed by atoms with Gasteiger partial charge in [0.05, 0.1) is 6.61 Å². The molecule has 27 heavy (non-hydrogen) atoms. The van der Waals surface area contributed by atoms with Crippen molar-refractivity contribution in [3.8, 4) is 5.75 Å². The monoisotopic (exact) mass is 480 g/mol. The van der Waals surface area contributed by atoms with Crippen molar-refractivity contribution in [1.29, 1.82) is 0 Å². The number of guanidine groups is 1. The molecule has 2 aromatic rings. The average molecular weight is 480 g/mol. The summed E-state index contributed by atoms with van der Waals surface area (Å²) < 4.78 is 5.97. The number of ether oxygens (including phenoxy) is 1. The van der Waals surface area contributed by atoms with Crippen LogP contribution in [0.15, 0.2) is 47.7 Å². The van der Waals surface area contributed by atoms with Gasteiger partial charge in [0, 0.05) is 38.1 Å². The predicted molar refractivity (Wildman–Crippen MR) is 121 cm³/mol. The zero-order chi connectivity index (χ0) is 18.2. The number of benzene rings is 1. The van der Waals surface area contributed by atoms with Gasteiger partial charge < -0.3 is 15.4 Å². The predicted octanol–water partition coefficient (Wildman–Crippen LogP) is 3.70. The number of aromatic nitrogens is 1. The van der Waals surface area contributed by atoms with Crippen LogP contribution in [0.5, 0.6) is 5.75 Å². The summed E-state index contributed by atoms with van der Waals surface area (Å²) in [5.41, 5.74) is 3.68. The molecule has 5 nitrogen and oxygen atoms in total. The highest BCUT2D eigenvalue weighted by molar-refractivity contribution is 14.0. The van der Waals surface area contributed by atoms with E-state index in [2.05, 4.69) is 39.7 Å². The number of nitrogens with zero attached hydrogens (tertiary/aromatic N) is 2. The number of nitrogens with one attached hydrogen (secondary N) is 2. The van der Waals surface area contributed by atoms with Crippen LogP contribution in [-0.4, -0.2) is 31.1 Å². The van der Waals surface area contributed by atoms with Crippen molar-refractivity contribution in [3.63, 3.8) is 0 Å². The molecular formula is C21H29IN4O. The second-order valence-electron chi connectivity index (χ2n) is 6.77. The molecule has 0 unspecified atom stereocenters. The highest BCUT2D eigenvalue weighted by Crippen LogP contribution is 2.30. The van der Waals surface area contributed by atoms with Crippen molar-refractivity contribution >= 4 is 29.9 Å². The minimum Gasteiger partial charge on any atom is -0.493 e. The van der Waals surface area contributed by atoms with E-state index in [0.717, 1.165) is 42.8 Å². The molecule has 0 atom stereocenters. The summed E-state index contributed by atoms with van der Waals surface area (Å²) in [4.78, 5) is 8.45. The third-order valence-corrected chi connectivity index (χ3v) is 4.64. The fourth-order valence-electron chi connectivity index (χ4n) is 2.78. The van der Waals surface area contributed by atoms with Gasteiger partial charge in [-0.25, -0.2) is 0 Å². The minimum atomic E-state index is 0. The second-order valence-corrected chi connectivity index (χ2v) is 6.77. The molecule has 3 rings (SSSR count). The first-order valence-corrected chi connectivity index (χ1v) is 9.31. The Balaban J connectivity index is 0.00000261. The number of hydrogen-bond acceptors (Lipinski definition) is 3. The molecular weight excluding hydrogens is 451 g/mol. The van der Waals surface area contributed by atoms with Crippen molar-refractivity contribution in [2.75, 3.05) is 20.2 Å². The smallest absolute Gasteiger partial charge is 0.191 e. The molecule has 0 saturated heterocycles. The maximum Gasteiger partial charge on any atom is 0.191 e. The Morgan fingerprint density at radius 3 is 2.74 bits per heavy atom. The van der Waals surface area contributed by atoms with Gasteiger partial charge in [-0.1, -0.05) is 18.2 Å². The molecule has 1 heterocycles. The Labute approximate surface area is 179 Å². The van der Waals surface area contributed by atoms with Gasteiger partial charge in [-0.05, 0) is 55.4 Å². The average Bonchev–Trinajstić information content (AvgIpc) is 3.49. The van der Waals surface area contributed by atoms with Gasteiger partial charge in [-0.15, -0.1) is 24.0 Å². The third kappa shape index (κ3) is 7.01. The first-order valence-electron chi connectivity index (χ1n) is 9.31. The minimum absolute atomic E-state index is 0. The lowest BCUT2D eigenvalue weighted by Gasteiger charge is -2.15. The number of rotatable bonds is 8. The lowest BCUT2D eigenvalue weighted by molar-refractivity contribution is 0.296. The lowest BCUT2D eigenvalue weighted by Crippen LogP contribution is -2.38. The van der Waals surface area contributed by atoms with E-state index >= 15 is 0 Å². The second kappa shape index (κ2) is 11.1. The van der Waals surface area contributed by atoms with Gasteiger partial charge >= 0.3 is 0 Å². The molecule has 1 aromatic heterocycles. The van der Waals surface area contributed by atoms with E-state index in [1.807, 2.05) is 30.6 Å². The standard InChI is InChI=1S/C21H28N4O.HI/c1-16-13-23-11-9-18(16)10-12-24-21(22-2)25-14-19-5-3-4-6-20(19)26-15-17-7-8-17;/h3-6,9,11,13,17H,7-8,10,12,14-15H2,1-2H3,(H2,22,24,25);1H. The Morgan fingerprint density at radius 1 is 1.19 bits per heavy atom. The van der Waals surface area contributed by atoms with Crippen LogP contribution in [0.25, 0.3) is 0 Å². The van der Waals surface area contributed by atoms with Crippen molar-refractivity contribution in [2.45, 2.75) is 32.7 Å². The van der Waals surface area contributed by atoms with E-state index in [0.29, 0.717) is 6.54 Å². The maximum absolute atomic E-state index is 5.97. The van der Waals surface area contributed by atoms with Crippen LogP contribution in [0, 0.1) is 12.8 Å². The molecule has 1 saturated carbocycles. The Hall–Kier alpha value is -1.83. The van der Waals surface area contributed by atoms with Crippen LogP contribution < -0.4 is 15.4 Å². The van der Waals surface area contributed by atoms with Gasteiger partial charge in [0.15, 0.2) is 5.96 Å². The molecule has 1 fully saturated rings. The first-order chi connectivity index (χ1) is 12.8. The SMILES string of the molecule is CN=C(NCCc1ccncc1C)NCc1ccccc1OCC1CC1.I. The highest BCUT2D eigenvalue weighted by atomic mass is 127. The zero-order valence-corrected chi connectivity index (χ0v) is 18.4. The van der Waals surface area contributed by atoms with Crippen molar-refractivity contribution in [3.05, 3.63) is 59.4 Å². The molecule has 1 aromatic carbocycles. The van der Waals surface area contributed by atoms with Crippen molar-refractivity contribution in [2.24, 2.45) is 10.9 Å². The zero-order valence-electron chi connectivity index (χ0n) is 16.1. The van der Waals surface area contributed by atoms with Crippen LogP contribution in [0.3, 0.4) is 0 Å². The van der Waals surface area contributed by atoms with Crippen LogP contribution in [0.2, 0.25) is 0 Å². The first kappa shape index (κ1) is 21.5. The van der Waals surface area contributed by atoms with Crippen LogP contribution in [0.1, 0.15) is 29.5 Å². The van der Waals surface area contributed by atoms with E-state index in [-0.39, 0.29) is 24.0 Å². The number of pyridine rings is 1. The lowest BCUT2D eigenvalue weighted by atomic mass is 10.1. The Morgan fingerprint density at radius 2 is 2.00 bits per heavy atom. The molecule has 0 amide bonds. The fourth-order valence-corrected chi connectivity index (χ4v) is 2.78. The number of halogens is 1. The van der Waals surface area contributed by atoms with Crippen LogP contribution >= 0.6 is 24.0 Å². The van der Waals surface area contributed by atoms with E-state index in [4.69, 9.17) is 4.74 Å². The Bertz CT molecular complexity index is 746. The summed E-state index contributed by atoms with van der Waals surface area (Å²) >= 11 is 0. The van der Waals surface area contributed by atoms with E-state index in [1.54, 1.807) is 7.05 Å². The molecule has 0 aliphatic heterocycles. The molecule has 2 N–H and O–H groups in total. The summed E-state index contributed by atoms with van der Waals surface area (Å²) in [6.07, 6.45) is 7.28. The summed E-state index contributed by atoms with van der Waals surface area (Å²) in [5, 5.41) is 6.75. The largest absolute Gasteiger partial charge is 0.493 e.